The quantitative estimate of drug-likeness (QED) is 0.811. The highest BCUT2D eigenvalue weighted by molar-refractivity contribution is 7.11. The zero-order valence-electron chi connectivity index (χ0n) is 11.2. The SMILES string of the molecule is Cc1ccc(CNCCN2CC(C)C(C)C2)s1. The van der Waals surface area contributed by atoms with Crippen LogP contribution < -0.4 is 5.32 Å². The summed E-state index contributed by atoms with van der Waals surface area (Å²) in [6, 6.07) is 4.43. The molecule has 2 nitrogen and oxygen atoms in total. The summed E-state index contributed by atoms with van der Waals surface area (Å²) in [6.45, 7) is 12.8. The van der Waals surface area contributed by atoms with Crippen molar-refractivity contribution in [2.24, 2.45) is 11.8 Å². The van der Waals surface area contributed by atoms with E-state index in [1.165, 1.54) is 29.4 Å². The van der Waals surface area contributed by atoms with Gasteiger partial charge in [-0.05, 0) is 30.9 Å². The molecule has 1 saturated heterocycles. The molecule has 1 aromatic rings. The fourth-order valence-electron chi connectivity index (χ4n) is 2.46. The van der Waals surface area contributed by atoms with E-state index >= 15 is 0 Å². The van der Waals surface area contributed by atoms with Gasteiger partial charge in [-0.15, -0.1) is 11.3 Å². The zero-order valence-corrected chi connectivity index (χ0v) is 12.0. The van der Waals surface area contributed by atoms with Crippen LogP contribution in [0.4, 0.5) is 0 Å². The number of nitrogens with zero attached hydrogens (tertiary/aromatic N) is 1. The Labute approximate surface area is 109 Å². The molecular weight excluding hydrogens is 228 g/mol. The molecule has 0 spiro atoms. The molecule has 2 rings (SSSR count). The van der Waals surface area contributed by atoms with E-state index in [-0.39, 0.29) is 0 Å². The maximum Gasteiger partial charge on any atom is 0.0300 e. The number of thiophene rings is 1. The standard InChI is InChI=1S/C14H24N2S/c1-11-9-16(10-12(11)2)7-6-15-8-14-5-4-13(3)17-14/h4-5,11-12,15H,6-10H2,1-3H3. The van der Waals surface area contributed by atoms with Gasteiger partial charge in [-0.1, -0.05) is 13.8 Å². The number of hydrogen-bond acceptors (Lipinski definition) is 3. The first-order chi connectivity index (χ1) is 8.15. The van der Waals surface area contributed by atoms with Crippen LogP contribution in [-0.2, 0) is 6.54 Å². The van der Waals surface area contributed by atoms with Crippen molar-refractivity contribution in [3.63, 3.8) is 0 Å². The van der Waals surface area contributed by atoms with Crippen LogP contribution in [0.15, 0.2) is 12.1 Å². The Kier molecular flexibility index (Phi) is 4.60. The van der Waals surface area contributed by atoms with E-state index in [4.69, 9.17) is 0 Å². The summed E-state index contributed by atoms with van der Waals surface area (Å²) in [5.74, 6) is 1.74. The van der Waals surface area contributed by atoms with Crippen molar-refractivity contribution in [2.75, 3.05) is 26.2 Å². The van der Waals surface area contributed by atoms with Crippen LogP contribution in [0, 0.1) is 18.8 Å². The van der Waals surface area contributed by atoms with Crippen LogP contribution in [0.2, 0.25) is 0 Å². The van der Waals surface area contributed by atoms with Gasteiger partial charge in [-0.2, -0.15) is 0 Å². The van der Waals surface area contributed by atoms with Crippen LogP contribution in [0.3, 0.4) is 0 Å². The van der Waals surface area contributed by atoms with Gasteiger partial charge in [0.1, 0.15) is 0 Å². The molecule has 0 amide bonds. The smallest absolute Gasteiger partial charge is 0.0300 e. The summed E-state index contributed by atoms with van der Waals surface area (Å²) in [7, 11) is 0. The van der Waals surface area contributed by atoms with E-state index in [1.807, 2.05) is 11.3 Å². The molecule has 1 aromatic heterocycles. The van der Waals surface area contributed by atoms with Crippen LogP contribution in [0.25, 0.3) is 0 Å². The van der Waals surface area contributed by atoms with E-state index in [0.29, 0.717) is 0 Å². The maximum absolute atomic E-state index is 3.54. The van der Waals surface area contributed by atoms with Crippen molar-refractivity contribution < 1.29 is 0 Å². The molecule has 17 heavy (non-hydrogen) atoms. The molecule has 0 aromatic carbocycles. The fourth-order valence-corrected chi connectivity index (χ4v) is 3.32. The summed E-state index contributed by atoms with van der Waals surface area (Å²) in [6.07, 6.45) is 0. The fraction of sp³-hybridized carbons (Fsp3) is 0.714. The molecule has 0 bridgehead atoms. The topological polar surface area (TPSA) is 15.3 Å². The lowest BCUT2D eigenvalue weighted by Crippen LogP contribution is -2.30. The minimum atomic E-state index is 0.870. The third-order valence-electron chi connectivity index (χ3n) is 3.76. The highest BCUT2D eigenvalue weighted by Crippen LogP contribution is 2.21. The predicted molar refractivity (Wildman–Crippen MR) is 75.5 cm³/mol. The molecule has 1 aliphatic heterocycles. The first kappa shape index (κ1) is 13.1. The van der Waals surface area contributed by atoms with Gasteiger partial charge in [-0.3, -0.25) is 0 Å². The molecule has 0 aliphatic carbocycles. The number of rotatable bonds is 5. The molecule has 1 aliphatic rings. The molecule has 1 N–H and O–H groups in total. The van der Waals surface area contributed by atoms with Crippen molar-refractivity contribution in [1.82, 2.24) is 10.2 Å². The minimum absolute atomic E-state index is 0.870. The van der Waals surface area contributed by atoms with Crippen molar-refractivity contribution in [3.05, 3.63) is 21.9 Å². The Bertz CT molecular complexity index is 338. The second-order valence-electron chi connectivity index (χ2n) is 5.40. The third kappa shape index (κ3) is 3.80. The van der Waals surface area contributed by atoms with E-state index in [1.54, 1.807) is 0 Å². The normalized spacial score (nSPS) is 25.6. The maximum atomic E-state index is 3.54. The van der Waals surface area contributed by atoms with Crippen molar-refractivity contribution >= 4 is 11.3 Å². The second-order valence-corrected chi connectivity index (χ2v) is 6.78. The minimum Gasteiger partial charge on any atom is -0.311 e. The molecule has 0 radical (unpaired) electrons. The first-order valence-electron chi connectivity index (χ1n) is 6.63. The molecule has 2 atom stereocenters. The predicted octanol–water partition coefficient (Wildman–Crippen LogP) is 2.73. The van der Waals surface area contributed by atoms with E-state index in [9.17, 15) is 0 Å². The number of hydrogen-bond donors (Lipinski definition) is 1. The van der Waals surface area contributed by atoms with Gasteiger partial charge in [0.15, 0.2) is 0 Å². The van der Waals surface area contributed by atoms with Crippen molar-refractivity contribution in [1.29, 1.82) is 0 Å². The molecule has 2 unspecified atom stereocenters. The Morgan fingerprint density at radius 2 is 2.00 bits per heavy atom. The Morgan fingerprint density at radius 1 is 1.29 bits per heavy atom. The average molecular weight is 252 g/mol. The monoisotopic (exact) mass is 252 g/mol. The lowest BCUT2D eigenvalue weighted by Gasteiger charge is -2.15. The third-order valence-corrected chi connectivity index (χ3v) is 4.76. The Balaban J connectivity index is 1.61. The number of likely N-dealkylation sites (tertiary alicyclic amines) is 1. The van der Waals surface area contributed by atoms with E-state index < -0.39 is 0 Å². The van der Waals surface area contributed by atoms with Gasteiger partial charge in [0.05, 0.1) is 0 Å². The van der Waals surface area contributed by atoms with Gasteiger partial charge in [-0.25, -0.2) is 0 Å². The van der Waals surface area contributed by atoms with Gasteiger partial charge in [0, 0.05) is 42.5 Å². The van der Waals surface area contributed by atoms with Crippen LogP contribution >= 0.6 is 11.3 Å². The Hall–Kier alpha value is -0.380. The van der Waals surface area contributed by atoms with E-state index in [0.717, 1.165) is 24.9 Å². The summed E-state index contributed by atoms with van der Waals surface area (Å²) >= 11 is 1.90. The second kappa shape index (κ2) is 5.98. The average Bonchev–Trinajstić information content (AvgIpc) is 2.82. The summed E-state index contributed by atoms with van der Waals surface area (Å²) in [5, 5.41) is 3.54. The summed E-state index contributed by atoms with van der Waals surface area (Å²) in [4.78, 5) is 5.44. The number of nitrogens with one attached hydrogen (secondary N) is 1. The van der Waals surface area contributed by atoms with Gasteiger partial charge in [0.2, 0.25) is 0 Å². The number of aryl methyl sites for hydroxylation is 1. The van der Waals surface area contributed by atoms with Crippen LogP contribution in [0.1, 0.15) is 23.6 Å². The van der Waals surface area contributed by atoms with Gasteiger partial charge in [0.25, 0.3) is 0 Å². The van der Waals surface area contributed by atoms with Gasteiger partial charge >= 0.3 is 0 Å². The molecule has 1 fully saturated rings. The lowest BCUT2D eigenvalue weighted by molar-refractivity contribution is 0.321. The molecule has 96 valence electrons. The molecule has 2 heterocycles. The zero-order chi connectivity index (χ0) is 12.3. The van der Waals surface area contributed by atoms with Crippen molar-refractivity contribution in [3.8, 4) is 0 Å². The summed E-state index contributed by atoms with van der Waals surface area (Å²) in [5.41, 5.74) is 0. The summed E-state index contributed by atoms with van der Waals surface area (Å²) < 4.78 is 0. The largest absolute Gasteiger partial charge is 0.311 e. The highest BCUT2D eigenvalue weighted by Gasteiger charge is 2.24. The molecular formula is C14H24N2S. The molecule has 0 saturated carbocycles. The Morgan fingerprint density at radius 3 is 2.59 bits per heavy atom. The van der Waals surface area contributed by atoms with Gasteiger partial charge < -0.3 is 10.2 Å². The van der Waals surface area contributed by atoms with Crippen molar-refractivity contribution in [2.45, 2.75) is 27.3 Å². The van der Waals surface area contributed by atoms with E-state index in [2.05, 4.69) is 43.1 Å². The van der Waals surface area contributed by atoms with Crippen LogP contribution in [0.5, 0.6) is 0 Å². The van der Waals surface area contributed by atoms with Crippen LogP contribution in [-0.4, -0.2) is 31.1 Å². The molecule has 3 heteroatoms. The highest BCUT2D eigenvalue weighted by atomic mass is 32.1. The lowest BCUT2D eigenvalue weighted by atomic mass is 10.0. The first-order valence-corrected chi connectivity index (χ1v) is 7.45.